The molecule has 7 nitrogen and oxygen atoms in total. The Labute approximate surface area is 227 Å². The molecule has 2 aromatic carbocycles. The molecule has 6 rings (SSSR count). The lowest BCUT2D eigenvalue weighted by atomic mass is 9.51. The molecule has 2 aliphatic heterocycles. The Kier molecular flexibility index (Phi) is 5.53. The molecule has 1 N–H and O–H groups in total. The van der Waals surface area contributed by atoms with Crippen molar-refractivity contribution >= 4 is 52.5 Å². The normalized spacial score (nSPS) is 32.3. The zero-order valence-electron chi connectivity index (χ0n) is 20.5. The Morgan fingerprint density at radius 2 is 1.74 bits per heavy atom. The van der Waals surface area contributed by atoms with E-state index in [0.717, 1.165) is 21.4 Å². The van der Waals surface area contributed by atoms with Crippen LogP contribution in [0.3, 0.4) is 0 Å². The number of carbonyl (C=O) groups excluding carboxylic acids is 4. The number of fused-ring (bicyclic) bond motifs is 4. The summed E-state index contributed by atoms with van der Waals surface area (Å²) in [7, 11) is 1.46. The van der Waals surface area contributed by atoms with E-state index in [1.165, 1.54) is 31.3 Å². The van der Waals surface area contributed by atoms with Crippen LogP contribution in [0.4, 0.5) is 10.1 Å². The first-order chi connectivity index (χ1) is 18.0. The Morgan fingerprint density at radius 3 is 2.45 bits per heavy atom. The van der Waals surface area contributed by atoms with Gasteiger partial charge in [0.1, 0.15) is 11.6 Å². The summed E-state index contributed by atoms with van der Waals surface area (Å²) in [5.41, 5.74) is -0.117. The summed E-state index contributed by atoms with van der Waals surface area (Å²) in [6.45, 7) is 1.69. The van der Waals surface area contributed by atoms with Crippen molar-refractivity contribution in [1.29, 1.82) is 0 Å². The first kappa shape index (κ1) is 25.1. The average Bonchev–Trinajstić information content (AvgIpc) is 3.22. The number of anilines is 1. The maximum atomic E-state index is 14.2. The van der Waals surface area contributed by atoms with E-state index in [0.29, 0.717) is 17.0 Å². The Morgan fingerprint density at radius 1 is 1.00 bits per heavy atom. The zero-order chi connectivity index (χ0) is 27.3. The van der Waals surface area contributed by atoms with E-state index in [1.807, 2.05) is 6.08 Å². The van der Waals surface area contributed by atoms with Gasteiger partial charge in [-0.3, -0.25) is 24.1 Å². The predicted octanol–water partition coefficient (Wildman–Crippen LogP) is 4.70. The number of hydrogen-bond donors (Lipinski definition) is 1. The molecule has 2 heterocycles. The van der Waals surface area contributed by atoms with Crippen molar-refractivity contribution in [2.24, 2.45) is 29.1 Å². The number of phenols is 1. The lowest BCUT2D eigenvalue weighted by Gasteiger charge is -2.49. The van der Waals surface area contributed by atoms with Gasteiger partial charge in [-0.15, -0.1) is 0 Å². The van der Waals surface area contributed by atoms with Crippen LogP contribution < -0.4 is 4.90 Å². The minimum atomic E-state index is -1.35. The molecule has 3 fully saturated rings. The minimum absolute atomic E-state index is 0.0995. The number of likely N-dealkylation sites (tertiary alicyclic amines) is 1. The number of rotatable bonds is 2. The predicted molar refractivity (Wildman–Crippen MR) is 137 cm³/mol. The number of halogens is 3. The van der Waals surface area contributed by atoms with E-state index in [2.05, 4.69) is 0 Å². The van der Waals surface area contributed by atoms with Crippen LogP contribution in [0.1, 0.15) is 31.2 Å². The number of benzene rings is 2. The van der Waals surface area contributed by atoms with E-state index in [1.54, 1.807) is 13.0 Å². The van der Waals surface area contributed by atoms with Crippen LogP contribution >= 0.6 is 23.2 Å². The van der Waals surface area contributed by atoms with Gasteiger partial charge in [0, 0.05) is 23.6 Å². The molecule has 196 valence electrons. The molecule has 1 saturated carbocycles. The third-order valence-electron chi connectivity index (χ3n) is 8.96. The third kappa shape index (κ3) is 3.19. The van der Waals surface area contributed by atoms with Crippen LogP contribution in [0.15, 0.2) is 48.0 Å². The molecule has 4 aliphatic rings. The van der Waals surface area contributed by atoms with Gasteiger partial charge in [0.15, 0.2) is 0 Å². The fourth-order valence-corrected chi connectivity index (χ4v) is 7.50. The number of nitrogens with zero attached hydrogens (tertiary/aromatic N) is 2. The Hall–Kier alpha value is -3.23. The fourth-order valence-electron chi connectivity index (χ4n) is 7.14. The van der Waals surface area contributed by atoms with Gasteiger partial charge in [-0.1, -0.05) is 34.9 Å². The molecule has 6 atom stereocenters. The molecule has 10 heteroatoms. The van der Waals surface area contributed by atoms with Gasteiger partial charge in [-0.25, -0.2) is 9.29 Å². The highest BCUT2D eigenvalue weighted by molar-refractivity contribution is 6.32. The lowest BCUT2D eigenvalue weighted by molar-refractivity contribution is -0.138. The van der Waals surface area contributed by atoms with Crippen molar-refractivity contribution in [2.45, 2.75) is 25.7 Å². The van der Waals surface area contributed by atoms with Crippen LogP contribution in [0.25, 0.3) is 0 Å². The Balaban J connectivity index is 1.56. The van der Waals surface area contributed by atoms with Crippen LogP contribution in [0, 0.1) is 34.9 Å². The second-order valence-corrected chi connectivity index (χ2v) is 11.5. The van der Waals surface area contributed by atoms with Crippen molar-refractivity contribution in [1.82, 2.24) is 4.90 Å². The molecular weight excluding hydrogens is 534 g/mol. The summed E-state index contributed by atoms with van der Waals surface area (Å²) in [6, 6.07) is 8.17. The van der Waals surface area contributed by atoms with Crippen molar-refractivity contribution < 1.29 is 28.7 Å². The van der Waals surface area contributed by atoms with Gasteiger partial charge in [-0.2, -0.15) is 0 Å². The summed E-state index contributed by atoms with van der Waals surface area (Å²) in [5, 5.41) is 11.1. The summed E-state index contributed by atoms with van der Waals surface area (Å²) in [6.07, 6.45) is 2.37. The van der Waals surface area contributed by atoms with Crippen molar-refractivity contribution in [3.8, 4) is 5.75 Å². The maximum absolute atomic E-state index is 14.2. The maximum Gasteiger partial charge on any atom is 0.241 e. The highest BCUT2D eigenvalue weighted by atomic mass is 35.5. The molecule has 2 saturated heterocycles. The number of amides is 4. The quantitative estimate of drug-likeness (QED) is 0.427. The standard InChI is InChI=1S/C28H23Cl2FN2O5/c1-28-18(25(36)33(27(28)38)13-4-7-20(31)19(30)10-13)11-16-14(23(28)17-9-12(29)3-8-21(17)34)5-6-15-22(16)26(37)32(2)24(15)35/h3-5,7-10,15-16,18,22-23,34H,6,11H2,1-2H3. The van der Waals surface area contributed by atoms with Gasteiger partial charge < -0.3 is 5.11 Å². The summed E-state index contributed by atoms with van der Waals surface area (Å²) < 4.78 is 13.9. The fraction of sp³-hybridized carbons (Fsp3) is 0.357. The average molecular weight is 557 g/mol. The molecule has 2 aliphatic carbocycles. The smallest absolute Gasteiger partial charge is 0.241 e. The van der Waals surface area contributed by atoms with Gasteiger partial charge in [0.25, 0.3) is 0 Å². The molecule has 38 heavy (non-hydrogen) atoms. The lowest BCUT2D eigenvalue weighted by Crippen LogP contribution is -2.48. The van der Waals surface area contributed by atoms with E-state index in [-0.39, 0.29) is 34.7 Å². The van der Waals surface area contributed by atoms with Crippen LogP contribution in [-0.4, -0.2) is 40.7 Å². The summed E-state index contributed by atoms with van der Waals surface area (Å²) >= 11 is 12.3. The van der Waals surface area contributed by atoms with Crippen LogP contribution in [0.2, 0.25) is 10.0 Å². The molecule has 0 spiro atoms. The zero-order valence-corrected chi connectivity index (χ0v) is 22.0. The molecule has 6 unspecified atom stereocenters. The van der Waals surface area contributed by atoms with Crippen LogP contribution in [-0.2, 0) is 19.2 Å². The summed E-state index contributed by atoms with van der Waals surface area (Å²) in [4.78, 5) is 56.4. The largest absolute Gasteiger partial charge is 0.508 e. The SMILES string of the molecule is CN1C(=O)C2CC=C3C(CC4C(=O)N(c5ccc(F)c(Cl)c5)C(=O)C4(C)C3c3cc(Cl)ccc3O)C2C1=O. The number of imide groups is 2. The first-order valence-corrected chi connectivity index (χ1v) is 13.1. The van der Waals surface area contributed by atoms with Gasteiger partial charge in [0.2, 0.25) is 23.6 Å². The van der Waals surface area contributed by atoms with E-state index >= 15 is 0 Å². The molecule has 0 aromatic heterocycles. The second kappa shape index (κ2) is 8.38. The Bertz CT molecular complexity index is 1490. The van der Waals surface area contributed by atoms with Gasteiger partial charge >= 0.3 is 0 Å². The molecule has 0 bridgehead atoms. The topological polar surface area (TPSA) is 95.0 Å². The summed E-state index contributed by atoms with van der Waals surface area (Å²) in [5.74, 6) is -5.76. The van der Waals surface area contributed by atoms with Gasteiger partial charge in [-0.05, 0) is 62.1 Å². The van der Waals surface area contributed by atoms with E-state index in [4.69, 9.17) is 23.2 Å². The third-order valence-corrected chi connectivity index (χ3v) is 9.48. The second-order valence-electron chi connectivity index (χ2n) is 10.7. The molecule has 2 aromatic rings. The number of carbonyl (C=O) groups is 4. The van der Waals surface area contributed by atoms with Crippen molar-refractivity contribution in [3.05, 3.63) is 69.5 Å². The monoisotopic (exact) mass is 556 g/mol. The highest BCUT2D eigenvalue weighted by Crippen LogP contribution is 2.64. The van der Waals surface area contributed by atoms with E-state index in [9.17, 15) is 28.7 Å². The number of aromatic hydroxyl groups is 1. The van der Waals surface area contributed by atoms with Gasteiger partial charge in [0.05, 0.1) is 33.9 Å². The molecule has 4 amide bonds. The molecule has 0 radical (unpaired) electrons. The number of phenolic OH excluding ortho intramolecular Hbond substituents is 1. The molecular formula is C28H23Cl2FN2O5. The number of allylic oxidation sites excluding steroid dienone is 2. The highest BCUT2D eigenvalue weighted by Gasteiger charge is 2.67. The van der Waals surface area contributed by atoms with Crippen molar-refractivity contribution in [3.63, 3.8) is 0 Å². The first-order valence-electron chi connectivity index (χ1n) is 12.3. The number of hydrogen-bond acceptors (Lipinski definition) is 5. The minimum Gasteiger partial charge on any atom is -0.508 e. The van der Waals surface area contributed by atoms with Crippen molar-refractivity contribution in [2.75, 3.05) is 11.9 Å². The van der Waals surface area contributed by atoms with E-state index < -0.39 is 52.6 Å². The van der Waals surface area contributed by atoms with Crippen LogP contribution in [0.5, 0.6) is 5.75 Å².